The van der Waals surface area contributed by atoms with Crippen LogP contribution in [0.1, 0.15) is 42.6 Å². The maximum atomic E-state index is 12.2. The van der Waals surface area contributed by atoms with Crippen LogP contribution in [-0.4, -0.2) is 18.2 Å². The minimum atomic E-state index is -0.347. The Hall–Kier alpha value is -2.30. The number of carbonyl (C=O) groups excluding carboxylic acids is 1. The summed E-state index contributed by atoms with van der Waals surface area (Å²) in [6.45, 7) is 8.10. The summed E-state index contributed by atoms with van der Waals surface area (Å²) in [4.78, 5) is 12.2. The lowest BCUT2D eigenvalue weighted by Gasteiger charge is -2.21. The van der Waals surface area contributed by atoms with E-state index in [1.165, 1.54) is 0 Å². The van der Waals surface area contributed by atoms with Crippen molar-refractivity contribution in [3.05, 3.63) is 41.3 Å². The number of benzene rings is 1. The zero-order valence-electron chi connectivity index (χ0n) is 13.0. The number of carbonyl (C=O) groups is 1. The first-order valence-electron chi connectivity index (χ1n) is 6.74. The van der Waals surface area contributed by atoms with Crippen LogP contribution in [0.25, 0.3) is 0 Å². The highest BCUT2D eigenvalue weighted by molar-refractivity contribution is 6.03. The molecule has 0 bridgehead atoms. The Bertz CT molecular complexity index is 654. The Kier molecular flexibility index (Phi) is 4.02. The molecule has 0 radical (unpaired) electrons. The molecule has 5 heteroatoms. The van der Waals surface area contributed by atoms with Crippen LogP contribution in [-0.2, 0) is 5.41 Å². The Morgan fingerprint density at radius 3 is 2.52 bits per heavy atom. The highest BCUT2D eigenvalue weighted by atomic mass is 16.5. The van der Waals surface area contributed by atoms with Crippen LogP contribution in [0.3, 0.4) is 0 Å². The van der Waals surface area contributed by atoms with Gasteiger partial charge in [-0.25, -0.2) is 0 Å². The normalized spacial score (nSPS) is 11.3. The summed E-state index contributed by atoms with van der Waals surface area (Å²) in [5.74, 6) is 0.434. The van der Waals surface area contributed by atoms with Gasteiger partial charge in [0.05, 0.1) is 18.5 Å². The number of anilines is 1. The molecule has 0 aliphatic heterocycles. The van der Waals surface area contributed by atoms with Crippen molar-refractivity contribution in [3.63, 3.8) is 0 Å². The first-order valence-corrected chi connectivity index (χ1v) is 6.74. The lowest BCUT2D eigenvalue weighted by Crippen LogP contribution is -2.15. The Morgan fingerprint density at radius 2 is 2.00 bits per heavy atom. The van der Waals surface area contributed by atoms with Crippen molar-refractivity contribution in [1.82, 2.24) is 5.16 Å². The molecule has 0 spiro atoms. The van der Waals surface area contributed by atoms with Gasteiger partial charge in [0.15, 0.2) is 0 Å². The van der Waals surface area contributed by atoms with Gasteiger partial charge in [0.1, 0.15) is 5.75 Å². The van der Waals surface area contributed by atoms with E-state index in [2.05, 4.69) is 31.2 Å². The van der Waals surface area contributed by atoms with Crippen molar-refractivity contribution in [2.45, 2.75) is 33.1 Å². The van der Waals surface area contributed by atoms with E-state index < -0.39 is 0 Å². The molecule has 0 fully saturated rings. The number of nitrogens with one attached hydrogen (secondary N) is 1. The van der Waals surface area contributed by atoms with E-state index in [1.54, 1.807) is 20.1 Å². The van der Waals surface area contributed by atoms with E-state index >= 15 is 0 Å². The van der Waals surface area contributed by atoms with Gasteiger partial charge in [-0.2, -0.15) is 0 Å². The second-order valence-electron chi connectivity index (χ2n) is 5.95. The number of nitrogens with zero attached hydrogens (tertiary/aromatic N) is 1. The van der Waals surface area contributed by atoms with Gasteiger partial charge < -0.3 is 14.6 Å². The number of methoxy groups -OCH3 is 1. The van der Waals surface area contributed by atoms with Crippen LogP contribution in [0.4, 0.5) is 5.69 Å². The average molecular weight is 288 g/mol. The third-order valence-electron chi connectivity index (χ3n) is 3.17. The molecule has 1 heterocycles. The maximum Gasteiger partial charge on any atom is 0.294 e. The molecule has 0 unspecified atom stereocenters. The van der Waals surface area contributed by atoms with E-state index in [-0.39, 0.29) is 17.1 Å². The summed E-state index contributed by atoms with van der Waals surface area (Å²) in [7, 11) is 1.57. The summed E-state index contributed by atoms with van der Waals surface area (Å²) < 4.78 is 10.3. The van der Waals surface area contributed by atoms with Crippen LogP contribution in [0.5, 0.6) is 5.75 Å². The molecule has 0 aliphatic rings. The molecule has 1 aromatic heterocycles. The maximum absolute atomic E-state index is 12.2. The van der Waals surface area contributed by atoms with E-state index in [9.17, 15) is 4.79 Å². The van der Waals surface area contributed by atoms with Gasteiger partial charge in [-0.3, -0.25) is 4.79 Å². The predicted molar refractivity (Wildman–Crippen MR) is 80.9 cm³/mol. The lowest BCUT2D eigenvalue weighted by atomic mass is 9.87. The number of hydrogen-bond donors (Lipinski definition) is 1. The molecule has 1 N–H and O–H groups in total. The van der Waals surface area contributed by atoms with Gasteiger partial charge in [0, 0.05) is 6.07 Å². The lowest BCUT2D eigenvalue weighted by molar-refractivity contribution is 0.0987. The second-order valence-corrected chi connectivity index (χ2v) is 5.95. The SMILES string of the molecule is COc1ccc(C(C)(C)C)cc1NC(=O)c1cc(C)no1. The van der Waals surface area contributed by atoms with E-state index in [0.717, 1.165) is 5.56 Å². The largest absolute Gasteiger partial charge is 0.495 e. The minimum Gasteiger partial charge on any atom is -0.495 e. The molecule has 21 heavy (non-hydrogen) atoms. The van der Waals surface area contributed by atoms with Crippen molar-refractivity contribution in [3.8, 4) is 5.75 Å². The number of aromatic nitrogens is 1. The average Bonchev–Trinajstić information content (AvgIpc) is 2.84. The molecule has 1 aromatic carbocycles. The van der Waals surface area contributed by atoms with Crippen molar-refractivity contribution in [2.75, 3.05) is 12.4 Å². The van der Waals surface area contributed by atoms with Gasteiger partial charge in [-0.15, -0.1) is 0 Å². The molecule has 5 nitrogen and oxygen atoms in total. The van der Waals surface area contributed by atoms with Gasteiger partial charge in [0.25, 0.3) is 5.91 Å². The van der Waals surface area contributed by atoms with Gasteiger partial charge in [0.2, 0.25) is 5.76 Å². The van der Waals surface area contributed by atoms with Crippen LogP contribution in [0.2, 0.25) is 0 Å². The van der Waals surface area contributed by atoms with Crippen molar-refractivity contribution in [2.24, 2.45) is 0 Å². The van der Waals surface area contributed by atoms with Crippen molar-refractivity contribution < 1.29 is 14.1 Å². The molecule has 0 saturated carbocycles. The van der Waals surface area contributed by atoms with Crippen LogP contribution in [0.15, 0.2) is 28.8 Å². The molecule has 2 aromatic rings. The third-order valence-corrected chi connectivity index (χ3v) is 3.17. The zero-order chi connectivity index (χ0) is 15.6. The monoisotopic (exact) mass is 288 g/mol. The van der Waals surface area contributed by atoms with E-state index in [0.29, 0.717) is 17.1 Å². The fourth-order valence-corrected chi connectivity index (χ4v) is 1.93. The van der Waals surface area contributed by atoms with E-state index in [1.807, 2.05) is 18.2 Å². The molecule has 1 amide bonds. The molecule has 0 aliphatic carbocycles. The summed E-state index contributed by atoms with van der Waals surface area (Å²) >= 11 is 0. The first kappa shape index (κ1) is 15.1. The van der Waals surface area contributed by atoms with Crippen molar-refractivity contribution in [1.29, 1.82) is 0 Å². The van der Waals surface area contributed by atoms with E-state index in [4.69, 9.17) is 9.26 Å². The first-order chi connectivity index (χ1) is 9.81. The number of aryl methyl sites for hydroxylation is 1. The standard InChI is InChI=1S/C16H20N2O3/c1-10-8-14(21-18-10)15(19)17-12-9-11(16(2,3)4)6-7-13(12)20-5/h6-9H,1-5H3,(H,17,19). The zero-order valence-corrected chi connectivity index (χ0v) is 13.0. The Labute approximate surface area is 124 Å². The second kappa shape index (κ2) is 5.60. The van der Waals surface area contributed by atoms with Crippen LogP contribution in [0, 0.1) is 6.92 Å². The van der Waals surface area contributed by atoms with Crippen molar-refractivity contribution >= 4 is 11.6 Å². The topological polar surface area (TPSA) is 64.4 Å². The highest BCUT2D eigenvalue weighted by Crippen LogP contribution is 2.31. The van der Waals surface area contributed by atoms with Gasteiger partial charge in [-0.1, -0.05) is 32.0 Å². The van der Waals surface area contributed by atoms with Crippen LogP contribution < -0.4 is 10.1 Å². The van der Waals surface area contributed by atoms with Gasteiger partial charge >= 0.3 is 0 Å². The number of hydrogen-bond acceptors (Lipinski definition) is 4. The molecule has 2 rings (SSSR count). The number of ether oxygens (including phenoxy) is 1. The summed E-state index contributed by atoms with van der Waals surface area (Å²) in [6.07, 6.45) is 0. The molecule has 0 saturated heterocycles. The highest BCUT2D eigenvalue weighted by Gasteiger charge is 2.18. The number of amides is 1. The predicted octanol–water partition coefficient (Wildman–Crippen LogP) is 3.54. The van der Waals surface area contributed by atoms with Crippen LogP contribution >= 0.6 is 0 Å². The fraction of sp³-hybridized carbons (Fsp3) is 0.375. The molecule has 112 valence electrons. The number of rotatable bonds is 3. The quantitative estimate of drug-likeness (QED) is 0.938. The fourth-order valence-electron chi connectivity index (χ4n) is 1.93. The minimum absolute atomic E-state index is 0.0193. The summed E-state index contributed by atoms with van der Waals surface area (Å²) in [5.41, 5.74) is 2.36. The summed E-state index contributed by atoms with van der Waals surface area (Å²) in [5, 5.41) is 6.52. The Morgan fingerprint density at radius 1 is 1.29 bits per heavy atom. The smallest absolute Gasteiger partial charge is 0.294 e. The van der Waals surface area contributed by atoms with Gasteiger partial charge in [-0.05, 0) is 30.0 Å². The Balaban J connectivity index is 2.31. The molecular weight excluding hydrogens is 268 g/mol. The third kappa shape index (κ3) is 3.42. The molecule has 0 atom stereocenters. The molecular formula is C16H20N2O3. The summed E-state index contributed by atoms with van der Waals surface area (Å²) in [6, 6.07) is 7.35.